The van der Waals surface area contributed by atoms with E-state index in [4.69, 9.17) is 10.2 Å². The molecule has 16 heavy (non-hydrogen) atoms. The van der Waals surface area contributed by atoms with Crippen molar-refractivity contribution >= 4 is 22.0 Å². The molecule has 1 heterocycles. The minimum atomic E-state index is -3.64. The van der Waals surface area contributed by atoms with Gasteiger partial charge in [-0.3, -0.25) is 9.59 Å². The SMILES string of the molecule is CC1CN(C(CC(=O)O)C(=O)O)S(=O)(=O)C1. The lowest BCUT2D eigenvalue weighted by molar-refractivity contribution is -0.147. The molecule has 8 heteroatoms. The summed E-state index contributed by atoms with van der Waals surface area (Å²) in [5.74, 6) is -3.07. The quantitative estimate of drug-likeness (QED) is 0.676. The normalized spacial score (nSPS) is 26.4. The lowest BCUT2D eigenvalue weighted by atomic mass is 10.1. The van der Waals surface area contributed by atoms with Gasteiger partial charge in [-0.2, -0.15) is 4.31 Å². The summed E-state index contributed by atoms with van der Waals surface area (Å²) in [6.45, 7) is 1.74. The van der Waals surface area contributed by atoms with Gasteiger partial charge in [0.2, 0.25) is 10.0 Å². The molecule has 2 N–H and O–H groups in total. The predicted octanol–water partition coefficient (Wildman–Crippen LogP) is -0.804. The van der Waals surface area contributed by atoms with E-state index in [1.54, 1.807) is 6.92 Å². The molecule has 0 aromatic carbocycles. The monoisotopic (exact) mass is 251 g/mol. The second-order valence-electron chi connectivity index (χ2n) is 3.91. The smallest absolute Gasteiger partial charge is 0.322 e. The first-order valence-electron chi connectivity index (χ1n) is 4.68. The number of hydrogen-bond acceptors (Lipinski definition) is 4. The molecule has 0 aromatic heterocycles. The van der Waals surface area contributed by atoms with Crippen LogP contribution in [0.5, 0.6) is 0 Å². The fourth-order valence-electron chi connectivity index (χ4n) is 1.73. The van der Waals surface area contributed by atoms with Crippen LogP contribution in [0.2, 0.25) is 0 Å². The summed E-state index contributed by atoms with van der Waals surface area (Å²) in [7, 11) is -3.64. The molecule has 0 saturated carbocycles. The van der Waals surface area contributed by atoms with Gasteiger partial charge < -0.3 is 10.2 Å². The Morgan fingerprint density at radius 3 is 2.31 bits per heavy atom. The Morgan fingerprint density at radius 1 is 1.44 bits per heavy atom. The minimum Gasteiger partial charge on any atom is -0.481 e. The number of carboxylic acid groups (broad SMARTS) is 2. The minimum absolute atomic E-state index is 0.0621. The molecule has 1 saturated heterocycles. The van der Waals surface area contributed by atoms with Crippen LogP contribution in [0.3, 0.4) is 0 Å². The maximum Gasteiger partial charge on any atom is 0.322 e. The molecule has 1 fully saturated rings. The zero-order valence-corrected chi connectivity index (χ0v) is 9.48. The van der Waals surface area contributed by atoms with E-state index in [1.807, 2.05) is 0 Å². The number of nitrogens with zero attached hydrogens (tertiary/aromatic N) is 1. The zero-order valence-electron chi connectivity index (χ0n) is 8.66. The van der Waals surface area contributed by atoms with E-state index in [0.717, 1.165) is 4.31 Å². The van der Waals surface area contributed by atoms with E-state index < -0.39 is 34.4 Å². The molecule has 7 nitrogen and oxygen atoms in total. The molecule has 0 amide bonds. The van der Waals surface area contributed by atoms with E-state index in [-0.39, 0.29) is 18.2 Å². The van der Waals surface area contributed by atoms with E-state index in [9.17, 15) is 18.0 Å². The van der Waals surface area contributed by atoms with Gasteiger partial charge in [0, 0.05) is 6.54 Å². The van der Waals surface area contributed by atoms with Crippen molar-refractivity contribution in [3.05, 3.63) is 0 Å². The zero-order chi connectivity index (χ0) is 12.5. The van der Waals surface area contributed by atoms with Gasteiger partial charge in [0.25, 0.3) is 0 Å². The fourth-order valence-corrected chi connectivity index (χ4v) is 3.78. The van der Waals surface area contributed by atoms with Gasteiger partial charge in [0.15, 0.2) is 0 Å². The van der Waals surface area contributed by atoms with Gasteiger partial charge in [-0.1, -0.05) is 6.92 Å². The highest BCUT2D eigenvalue weighted by molar-refractivity contribution is 7.89. The first-order valence-corrected chi connectivity index (χ1v) is 6.29. The highest BCUT2D eigenvalue weighted by Crippen LogP contribution is 2.23. The first-order chi connectivity index (χ1) is 7.24. The molecule has 1 rings (SSSR count). The number of aliphatic carboxylic acids is 2. The molecular formula is C8H13NO6S. The Balaban J connectivity index is 2.95. The molecule has 2 unspecified atom stereocenters. The van der Waals surface area contributed by atoms with Crippen molar-refractivity contribution in [3.8, 4) is 0 Å². The number of rotatable bonds is 4. The van der Waals surface area contributed by atoms with Crippen LogP contribution in [0, 0.1) is 5.92 Å². The van der Waals surface area contributed by atoms with Crippen molar-refractivity contribution in [1.82, 2.24) is 4.31 Å². The van der Waals surface area contributed by atoms with Crippen molar-refractivity contribution in [3.63, 3.8) is 0 Å². The third-order valence-electron chi connectivity index (χ3n) is 2.34. The van der Waals surface area contributed by atoms with Crippen LogP contribution in [-0.2, 0) is 19.6 Å². The van der Waals surface area contributed by atoms with E-state index in [0.29, 0.717) is 0 Å². The van der Waals surface area contributed by atoms with Gasteiger partial charge in [-0.25, -0.2) is 8.42 Å². The van der Waals surface area contributed by atoms with Crippen LogP contribution in [0.15, 0.2) is 0 Å². The summed E-state index contributed by atoms with van der Waals surface area (Å²) >= 11 is 0. The molecule has 1 aliphatic rings. The van der Waals surface area contributed by atoms with E-state index in [2.05, 4.69) is 0 Å². The van der Waals surface area contributed by atoms with Crippen LogP contribution in [0.4, 0.5) is 0 Å². The number of hydrogen-bond donors (Lipinski definition) is 2. The van der Waals surface area contributed by atoms with Crippen molar-refractivity contribution in [2.24, 2.45) is 5.92 Å². The second kappa shape index (κ2) is 4.38. The molecule has 1 aliphatic heterocycles. The summed E-state index contributed by atoms with van der Waals surface area (Å²) in [5.41, 5.74) is 0. The molecule has 0 bridgehead atoms. The Kier molecular flexibility index (Phi) is 3.54. The summed E-state index contributed by atoms with van der Waals surface area (Å²) < 4.78 is 23.9. The van der Waals surface area contributed by atoms with E-state index in [1.165, 1.54) is 0 Å². The fraction of sp³-hybridized carbons (Fsp3) is 0.750. The Morgan fingerprint density at radius 2 is 2.00 bits per heavy atom. The van der Waals surface area contributed by atoms with Crippen LogP contribution >= 0.6 is 0 Å². The van der Waals surface area contributed by atoms with Crippen molar-refractivity contribution in [2.75, 3.05) is 12.3 Å². The first kappa shape index (κ1) is 12.9. The summed E-state index contributed by atoms with van der Waals surface area (Å²) in [5, 5.41) is 17.4. The Labute approximate surface area is 92.7 Å². The molecule has 0 aliphatic carbocycles. The van der Waals surface area contributed by atoms with Crippen molar-refractivity contribution < 1.29 is 28.2 Å². The molecule has 92 valence electrons. The van der Waals surface area contributed by atoms with Gasteiger partial charge in [-0.05, 0) is 5.92 Å². The highest BCUT2D eigenvalue weighted by atomic mass is 32.2. The lowest BCUT2D eigenvalue weighted by Gasteiger charge is -2.21. The van der Waals surface area contributed by atoms with Gasteiger partial charge in [-0.15, -0.1) is 0 Å². The van der Waals surface area contributed by atoms with Crippen LogP contribution in [0.25, 0.3) is 0 Å². The van der Waals surface area contributed by atoms with Crippen LogP contribution < -0.4 is 0 Å². The van der Waals surface area contributed by atoms with Crippen LogP contribution in [-0.4, -0.2) is 53.2 Å². The standard InChI is InChI=1S/C8H13NO6S/c1-5-3-9(16(14,15)4-5)6(8(12)13)2-7(10)11/h5-6H,2-4H2,1H3,(H,10,11)(H,12,13). The largest absolute Gasteiger partial charge is 0.481 e. The summed E-state index contributed by atoms with van der Waals surface area (Å²) in [4.78, 5) is 21.3. The van der Waals surface area contributed by atoms with Gasteiger partial charge in [0.05, 0.1) is 12.2 Å². The molecular weight excluding hydrogens is 238 g/mol. The lowest BCUT2D eigenvalue weighted by Crippen LogP contribution is -2.43. The molecule has 2 atom stereocenters. The summed E-state index contributed by atoms with van der Waals surface area (Å²) in [6.07, 6.45) is -0.721. The predicted molar refractivity (Wildman–Crippen MR) is 53.3 cm³/mol. The molecule has 0 spiro atoms. The molecule has 0 radical (unpaired) electrons. The Bertz CT molecular complexity index is 403. The average Bonchev–Trinajstić information content (AvgIpc) is 2.34. The number of sulfonamides is 1. The molecule has 0 aromatic rings. The maximum absolute atomic E-state index is 11.6. The number of carboxylic acids is 2. The van der Waals surface area contributed by atoms with Gasteiger partial charge >= 0.3 is 11.9 Å². The average molecular weight is 251 g/mol. The van der Waals surface area contributed by atoms with E-state index >= 15 is 0 Å². The third kappa shape index (κ3) is 2.70. The second-order valence-corrected chi connectivity index (χ2v) is 5.87. The van der Waals surface area contributed by atoms with Crippen LogP contribution in [0.1, 0.15) is 13.3 Å². The van der Waals surface area contributed by atoms with Crippen molar-refractivity contribution in [2.45, 2.75) is 19.4 Å². The maximum atomic E-state index is 11.6. The third-order valence-corrected chi connectivity index (χ3v) is 4.45. The van der Waals surface area contributed by atoms with Crippen molar-refractivity contribution in [1.29, 1.82) is 0 Å². The Hall–Kier alpha value is -1.15. The topological polar surface area (TPSA) is 112 Å². The number of carbonyl (C=O) groups is 2. The highest BCUT2D eigenvalue weighted by Gasteiger charge is 2.42. The van der Waals surface area contributed by atoms with Gasteiger partial charge in [0.1, 0.15) is 6.04 Å². The summed E-state index contributed by atoms with van der Waals surface area (Å²) in [6, 6.07) is -1.51.